The number of rotatable bonds is 7. The molecule has 1 heterocycles. The number of nitrogens with zero attached hydrogens (tertiary/aromatic N) is 2. The van der Waals surface area contributed by atoms with Crippen LogP contribution < -0.4 is 4.90 Å². The van der Waals surface area contributed by atoms with Crippen molar-refractivity contribution in [1.29, 1.82) is 0 Å². The summed E-state index contributed by atoms with van der Waals surface area (Å²) in [5, 5.41) is 3.05. The molecule has 0 aromatic carbocycles. The zero-order chi connectivity index (χ0) is 14.4. The molecule has 19 heavy (non-hydrogen) atoms. The minimum Gasteiger partial charge on any atom is -0.469 e. The third kappa shape index (κ3) is 5.19. The number of carbonyl (C=O) groups is 1. The Balaban J connectivity index is 2.55. The normalized spacial score (nSPS) is 12.5. The number of methoxy groups -OCH3 is 1. The summed E-state index contributed by atoms with van der Waals surface area (Å²) < 4.78 is 4.63. The highest BCUT2D eigenvalue weighted by Gasteiger charge is 2.15. The maximum atomic E-state index is 11.1. The van der Waals surface area contributed by atoms with E-state index in [1.807, 2.05) is 5.38 Å². The number of aryl methyl sites for hydroxylation is 1. The lowest BCUT2D eigenvalue weighted by Crippen LogP contribution is -2.29. The molecular formula is C14H24N2O2S. The van der Waals surface area contributed by atoms with Crippen LogP contribution in [0.2, 0.25) is 0 Å². The van der Waals surface area contributed by atoms with Crippen molar-refractivity contribution in [2.45, 2.75) is 46.1 Å². The minimum absolute atomic E-state index is 0.184. The molecule has 108 valence electrons. The van der Waals surface area contributed by atoms with Crippen LogP contribution >= 0.6 is 11.3 Å². The van der Waals surface area contributed by atoms with Crippen molar-refractivity contribution in [3.63, 3.8) is 0 Å². The number of thiazole rings is 1. The summed E-state index contributed by atoms with van der Waals surface area (Å²) in [7, 11) is 3.49. The van der Waals surface area contributed by atoms with Gasteiger partial charge in [-0.15, -0.1) is 11.3 Å². The fraction of sp³-hybridized carbons (Fsp3) is 0.714. The highest BCUT2D eigenvalue weighted by atomic mass is 32.1. The molecule has 0 saturated carbocycles. The van der Waals surface area contributed by atoms with Crippen LogP contribution in [0.15, 0.2) is 5.38 Å². The van der Waals surface area contributed by atoms with E-state index in [0.717, 1.165) is 17.2 Å². The Morgan fingerprint density at radius 1 is 1.47 bits per heavy atom. The van der Waals surface area contributed by atoms with Crippen molar-refractivity contribution in [2.75, 3.05) is 19.1 Å². The van der Waals surface area contributed by atoms with Crippen molar-refractivity contribution in [2.24, 2.45) is 5.92 Å². The van der Waals surface area contributed by atoms with Gasteiger partial charge in [0, 0.05) is 24.9 Å². The number of anilines is 1. The first-order chi connectivity index (χ1) is 8.93. The first kappa shape index (κ1) is 16.0. The Morgan fingerprint density at radius 3 is 2.74 bits per heavy atom. The van der Waals surface area contributed by atoms with Gasteiger partial charge in [0.05, 0.1) is 19.2 Å². The first-order valence-corrected chi connectivity index (χ1v) is 7.56. The quantitative estimate of drug-likeness (QED) is 0.722. The van der Waals surface area contributed by atoms with E-state index in [1.54, 1.807) is 11.3 Å². The van der Waals surface area contributed by atoms with E-state index in [9.17, 15) is 4.79 Å². The summed E-state index contributed by atoms with van der Waals surface area (Å²) >= 11 is 1.64. The van der Waals surface area contributed by atoms with Crippen LogP contribution in [0.4, 0.5) is 5.13 Å². The highest BCUT2D eigenvalue weighted by molar-refractivity contribution is 7.13. The van der Waals surface area contributed by atoms with Gasteiger partial charge in [-0.05, 0) is 19.3 Å². The van der Waals surface area contributed by atoms with Gasteiger partial charge in [0.1, 0.15) is 0 Å². The molecule has 0 saturated heterocycles. The summed E-state index contributed by atoms with van der Waals surface area (Å²) in [6.45, 7) is 6.68. The van der Waals surface area contributed by atoms with Gasteiger partial charge in [0.15, 0.2) is 5.13 Å². The molecule has 0 fully saturated rings. The number of carbonyl (C=O) groups excluding carboxylic acids is 1. The Hall–Kier alpha value is -1.10. The van der Waals surface area contributed by atoms with E-state index < -0.39 is 0 Å². The molecule has 0 aliphatic carbocycles. The van der Waals surface area contributed by atoms with Crippen LogP contribution in [-0.4, -0.2) is 31.2 Å². The number of aromatic nitrogens is 1. The molecule has 1 aromatic rings. The molecule has 0 amide bonds. The largest absolute Gasteiger partial charge is 0.469 e. The fourth-order valence-corrected chi connectivity index (χ4v) is 2.86. The van der Waals surface area contributed by atoms with Gasteiger partial charge in [0.25, 0.3) is 0 Å². The minimum atomic E-state index is -0.184. The van der Waals surface area contributed by atoms with Gasteiger partial charge in [-0.25, -0.2) is 4.98 Å². The second kappa shape index (κ2) is 7.48. The van der Waals surface area contributed by atoms with Gasteiger partial charge in [-0.3, -0.25) is 4.79 Å². The first-order valence-electron chi connectivity index (χ1n) is 6.68. The molecule has 1 unspecified atom stereocenters. The van der Waals surface area contributed by atoms with Crippen molar-refractivity contribution in [3.8, 4) is 0 Å². The Kier molecular flexibility index (Phi) is 6.28. The number of esters is 1. The summed E-state index contributed by atoms with van der Waals surface area (Å²) in [6, 6.07) is 0.472. The van der Waals surface area contributed by atoms with Gasteiger partial charge in [-0.1, -0.05) is 13.8 Å². The van der Waals surface area contributed by atoms with Crippen LogP contribution in [0.25, 0.3) is 0 Å². The number of hydrogen-bond donors (Lipinski definition) is 0. The summed E-state index contributed by atoms with van der Waals surface area (Å²) in [5.41, 5.74) is 0.967. The smallest absolute Gasteiger partial charge is 0.305 e. The van der Waals surface area contributed by atoms with Crippen LogP contribution in [0, 0.1) is 5.92 Å². The van der Waals surface area contributed by atoms with Gasteiger partial charge in [-0.2, -0.15) is 0 Å². The van der Waals surface area contributed by atoms with Gasteiger partial charge >= 0.3 is 5.97 Å². The molecule has 0 radical (unpaired) electrons. The predicted molar refractivity (Wildman–Crippen MR) is 79.8 cm³/mol. The van der Waals surface area contributed by atoms with E-state index in [2.05, 4.69) is 42.4 Å². The molecule has 1 rings (SSSR count). The lowest BCUT2D eigenvalue weighted by molar-refractivity contribution is -0.140. The van der Waals surface area contributed by atoms with Crippen molar-refractivity contribution < 1.29 is 9.53 Å². The van der Waals surface area contributed by atoms with Gasteiger partial charge in [0.2, 0.25) is 0 Å². The zero-order valence-electron chi connectivity index (χ0n) is 12.5. The highest BCUT2D eigenvalue weighted by Crippen LogP contribution is 2.24. The maximum absolute atomic E-state index is 11.1. The monoisotopic (exact) mass is 284 g/mol. The van der Waals surface area contributed by atoms with E-state index >= 15 is 0 Å². The molecular weight excluding hydrogens is 260 g/mol. The predicted octanol–water partition coefficient (Wildman–Crippen LogP) is 3.12. The standard InChI is InChI=1S/C14H24N2O2S/c1-10(2)8-11(3)16(4)14-15-12(9-19-14)6-7-13(17)18-5/h9-11H,6-8H2,1-5H3. The second-order valence-corrected chi connectivity index (χ2v) is 6.12. The Morgan fingerprint density at radius 2 is 2.16 bits per heavy atom. The van der Waals surface area contributed by atoms with Crippen molar-refractivity contribution in [3.05, 3.63) is 11.1 Å². The summed E-state index contributed by atoms with van der Waals surface area (Å²) in [4.78, 5) is 17.9. The molecule has 1 aromatic heterocycles. The molecule has 4 nitrogen and oxygen atoms in total. The molecule has 0 aliphatic rings. The third-order valence-electron chi connectivity index (χ3n) is 3.13. The topological polar surface area (TPSA) is 42.4 Å². The lowest BCUT2D eigenvalue weighted by Gasteiger charge is -2.25. The molecule has 0 bridgehead atoms. The average molecular weight is 284 g/mol. The maximum Gasteiger partial charge on any atom is 0.305 e. The van der Waals surface area contributed by atoms with Crippen LogP contribution in [0.5, 0.6) is 0 Å². The van der Waals surface area contributed by atoms with E-state index in [-0.39, 0.29) is 5.97 Å². The lowest BCUT2D eigenvalue weighted by atomic mass is 10.0. The van der Waals surface area contributed by atoms with E-state index in [1.165, 1.54) is 7.11 Å². The summed E-state index contributed by atoms with van der Waals surface area (Å²) in [5.74, 6) is 0.493. The molecule has 0 N–H and O–H groups in total. The SMILES string of the molecule is COC(=O)CCc1csc(N(C)C(C)CC(C)C)n1. The van der Waals surface area contributed by atoms with Crippen LogP contribution in [0.3, 0.4) is 0 Å². The van der Waals surface area contributed by atoms with Crippen LogP contribution in [0.1, 0.15) is 39.3 Å². The molecule has 0 aliphatic heterocycles. The third-order valence-corrected chi connectivity index (χ3v) is 4.11. The van der Waals surface area contributed by atoms with E-state index in [0.29, 0.717) is 24.8 Å². The van der Waals surface area contributed by atoms with Crippen LogP contribution in [-0.2, 0) is 16.0 Å². The molecule has 1 atom stereocenters. The number of ether oxygens (including phenoxy) is 1. The van der Waals surface area contributed by atoms with Gasteiger partial charge < -0.3 is 9.64 Å². The fourth-order valence-electron chi connectivity index (χ4n) is 1.93. The van der Waals surface area contributed by atoms with Crippen molar-refractivity contribution in [1.82, 2.24) is 4.98 Å². The summed E-state index contributed by atoms with van der Waals surface area (Å²) in [6.07, 6.45) is 2.19. The average Bonchev–Trinajstić information content (AvgIpc) is 2.82. The van der Waals surface area contributed by atoms with Crippen molar-refractivity contribution >= 4 is 22.4 Å². The molecule has 0 spiro atoms. The number of hydrogen-bond acceptors (Lipinski definition) is 5. The van der Waals surface area contributed by atoms with E-state index in [4.69, 9.17) is 0 Å². The second-order valence-electron chi connectivity index (χ2n) is 5.29. The Labute approximate surface area is 119 Å². The zero-order valence-corrected chi connectivity index (χ0v) is 13.3. The Bertz CT molecular complexity index is 404. The molecule has 5 heteroatoms.